The van der Waals surface area contributed by atoms with Gasteiger partial charge in [-0.1, -0.05) is 24.3 Å². The van der Waals surface area contributed by atoms with Gasteiger partial charge in [-0.25, -0.2) is 13.6 Å². The molecular weight excluding hydrogens is 388 g/mol. The van der Waals surface area contributed by atoms with E-state index in [2.05, 4.69) is 5.32 Å². The number of thiophene rings is 1. The van der Waals surface area contributed by atoms with Crippen LogP contribution in [-0.2, 0) is 9.53 Å². The number of benzene rings is 2. The fourth-order valence-electron chi connectivity index (χ4n) is 2.38. The molecule has 1 heterocycles. The van der Waals surface area contributed by atoms with Crippen molar-refractivity contribution in [2.75, 3.05) is 11.9 Å². The second kappa shape index (κ2) is 8.53. The van der Waals surface area contributed by atoms with Gasteiger partial charge < -0.3 is 10.1 Å². The molecule has 0 aliphatic rings. The topological polar surface area (TPSA) is 72.5 Å². The molecule has 0 unspecified atom stereocenters. The molecule has 3 rings (SSSR count). The second-order valence-corrected chi connectivity index (χ2v) is 6.55. The average molecular weight is 401 g/mol. The summed E-state index contributed by atoms with van der Waals surface area (Å²) < 4.78 is 31.0. The third kappa shape index (κ3) is 4.47. The Morgan fingerprint density at radius 3 is 2.36 bits per heavy atom. The summed E-state index contributed by atoms with van der Waals surface area (Å²) in [5.74, 6) is -4.07. The van der Waals surface area contributed by atoms with E-state index >= 15 is 0 Å². The summed E-state index contributed by atoms with van der Waals surface area (Å²) in [6.07, 6.45) is 0. The van der Waals surface area contributed by atoms with Gasteiger partial charge in [-0.2, -0.15) is 0 Å². The highest BCUT2D eigenvalue weighted by atomic mass is 32.1. The first-order chi connectivity index (χ1) is 13.5. The summed E-state index contributed by atoms with van der Waals surface area (Å²) in [4.78, 5) is 37.2. The van der Waals surface area contributed by atoms with Gasteiger partial charge in [0.05, 0.1) is 10.4 Å². The first-order valence-electron chi connectivity index (χ1n) is 8.05. The minimum Gasteiger partial charge on any atom is -0.452 e. The highest BCUT2D eigenvalue weighted by Gasteiger charge is 2.20. The van der Waals surface area contributed by atoms with Crippen molar-refractivity contribution < 1.29 is 27.9 Å². The maximum atomic E-state index is 13.2. The minimum atomic E-state index is -1.11. The minimum absolute atomic E-state index is 0.0215. The van der Waals surface area contributed by atoms with Crippen LogP contribution in [0.1, 0.15) is 25.6 Å². The lowest BCUT2D eigenvalue weighted by Crippen LogP contribution is -2.22. The van der Waals surface area contributed by atoms with Gasteiger partial charge in [0, 0.05) is 17.3 Å². The first-order valence-corrected chi connectivity index (χ1v) is 8.93. The maximum Gasteiger partial charge on any atom is 0.339 e. The number of amides is 1. The normalized spacial score (nSPS) is 10.4. The molecule has 1 amide bonds. The van der Waals surface area contributed by atoms with Crippen molar-refractivity contribution in [3.63, 3.8) is 0 Å². The highest BCUT2D eigenvalue weighted by Crippen LogP contribution is 2.19. The quantitative estimate of drug-likeness (QED) is 0.500. The van der Waals surface area contributed by atoms with Crippen molar-refractivity contribution in [2.45, 2.75) is 0 Å². The van der Waals surface area contributed by atoms with Crippen LogP contribution in [-0.4, -0.2) is 24.3 Å². The Balaban J connectivity index is 1.66. The van der Waals surface area contributed by atoms with E-state index < -0.39 is 30.1 Å². The van der Waals surface area contributed by atoms with Crippen molar-refractivity contribution in [3.05, 3.63) is 87.6 Å². The van der Waals surface area contributed by atoms with E-state index in [-0.39, 0.29) is 22.6 Å². The van der Waals surface area contributed by atoms with E-state index in [0.717, 1.165) is 12.1 Å². The molecule has 0 saturated heterocycles. The van der Waals surface area contributed by atoms with Crippen LogP contribution in [0.3, 0.4) is 0 Å². The first kappa shape index (κ1) is 19.4. The summed E-state index contributed by atoms with van der Waals surface area (Å²) >= 11 is 1.24. The van der Waals surface area contributed by atoms with Gasteiger partial charge in [-0.05, 0) is 29.6 Å². The van der Waals surface area contributed by atoms with Crippen LogP contribution < -0.4 is 5.32 Å². The van der Waals surface area contributed by atoms with Crippen LogP contribution >= 0.6 is 11.3 Å². The largest absolute Gasteiger partial charge is 0.452 e. The van der Waals surface area contributed by atoms with Crippen molar-refractivity contribution in [1.82, 2.24) is 0 Å². The predicted molar refractivity (Wildman–Crippen MR) is 99.5 cm³/mol. The molecule has 5 nitrogen and oxygen atoms in total. The Kier molecular flexibility index (Phi) is 5.90. The molecule has 0 spiro atoms. The number of esters is 1. The molecule has 142 valence electrons. The molecule has 0 aliphatic heterocycles. The summed E-state index contributed by atoms with van der Waals surface area (Å²) in [5, 5.41) is 4.04. The molecule has 8 heteroatoms. The van der Waals surface area contributed by atoms with Gasteiger partial charge in [0.1, 0.15) is 0 Å². The van der Waals surface area contributed by atoms with E-state index in [1.165, 1.54) is 29.5 Å². The summed E-state index contributed by atoms with van der Waals surface area (Å²) in [5.41, 5.74) is 0.214. The number of carbonyl (C=O) groups is 3. The van der Waals surface area contributed by atoms with Crippen LogP contribution in [0.15, 0.2) is 60.0 Å². The molecule has 0 radical (unpaired) electrons. The number of rotatable bonds is 6. The molecule has 0 bridgehead atoms. The zero-order chi connectivity index (χ0) is 20.1. The fourth-order valence-corrected chi connectivity index (χ4v) is 3.06. The number of carbonyl (C=O) groups excluding carboxylic acids is 3. The zero-order valence-electron chi connectivity index (χ0n) is 14.3. The predicted octanol–water partition coefficient (Wildman–Crippen LogP) is 4.05. The molecule has 1 N–H and O–H groups in total. The molecule has 0 aliphatic carbocycles. The zero-order valence-corrected chi connectivity index (χ0v) is 15.1. The van der Waals surface area contributed by atoms with E-state index in [1.54, 1.807) is 29.6 Å². The van der Waals surface area contributed by atoms with Gasteiger partial charge in [0.15, 0.2) is 18.2 Å². The lowest BCUT2D eigenvalue weighted by Gasteiger charge is -2.09. The third-order valence-electron chi connectivity index (χ3n) is 3.67. The van der Waals surface area contributed by atoms with Crippen LogP contribution in [0.2, 0.25) is 0 Å². The smallest absolute Gasteiger partial charge is 0.339 e. The molecule has 28 heavy (non-hydrogen) atoms. The molecule has 0 fully saturated rings. The third-order valence-corrected chi connectivity index (χ3v) is 4.54. The number of nitrogens with one attached hydrogen (secondary N) is 1. The summed E-state index contributed by atoms with van der Waals surface area (Å²) in [6.45, 7) is -0.653. The number of hydrogen-bond acceptors (Lipinski definition) is 5. The van der Waals surface area contributed by atoms with Crippen LogP contribution in [0.4, 0.5) is 14.5 Å². The summed E-state index contributed by atoms with van der Waals surface area (Å²) in [7, 11) is 0. The molecule has 1 aromatic heterocycles. The number of ether oxygens (including phenoxy) is 1. The number of hydrogen-bond donors (Lipinski definition) is 1. The number of halogens is 2. The van der Waals surface area contributed by atoms with Crippen molar-refractivity contribution >= 4 is 34.7 Å². The average Bonchev–Trinajstić information content (AvgIpc) is 3.23. The lowest BCUT2D eigenvalue weighted by molar-refractivity contribution is -0.119. The van der Waals surface area contributed by atoms with E-state index in [0.29, 0.717) is 4.88 Å². The Morgan fingerprint density at radius 1 is 0.929 bits per heavy atom. The fraction of sp³-hybridized carbons (Fsp3) is 0.0500. The highest BCUT2D eigenvalue weighted by molar-refractivity contribution is 7.12. The molecular formula is C20H13F2NO4S. The van der Waals surface area contributed by atoms with Crippen molar-refractivity contribution in [1.29, 1.82) is 0 Å². The van der Waals surface area contributed by atoms with Crippen molar-refractivity contribution in [2.24, 2.45) is 0 Å². The Labute approximate surface area is 162 Å². The van der Waals surface area contributed by atoms with Gasteiger partial charge in [0.25, 0.3) is 5.91 Å². The van der Waals surface area contributed by atoms with Crippen molar-refractivity contribution in [3.8, 4) is 0 Å². The maximum absolute atomic E-state index is 13.2. The van der Waals surface area contributed by atoms with Gasteiger partial charge in [-0.15, -0.1) is 11.3 Å². The standard InChI is InChI=1S/C20H13F2NO4S/c21-15-8-7-12(10-16(15)22)23-18(24)11-27-20(26)14-5-2-1-4-13(14)19(25)17-6-3-9-28-17/h1-10H,11H2,(H,23,24). The molecule has 2 aromatic carbocycles. The lowest BCUT2D eigenvalue weighted by atomic mass is 10.0. The monoisotopic (exact) mass is 401 g/mol. The van der Waals surface area contributed by atoms with Crippen LogP contribution in [0, 0.1) is 11.6 Å². The molecule has 3 aromatic rings. The second-order valence-electron chi connectivity index (χ2n) is 5.61. The number of ketones is 1. The summed E-state index contributed by atoms with van der Waals surface area (Å²) in [6, 6.07) is 12.3. The van der Waals surface area contributed by atoms with Crippen LogP contribution in [0.5, 0.6) is 0 Å². The van der Waals surface area contributed by atoms with Gasteiger partial charge >= 0.3 is 5.97 Å². The SMILES string of the molecule is O=C(COC(=O)c1ccccc1C(=O)c1cccs1)Nc1ccc(F)c(F)c1. The Morgan fingerprint density at radius 2 is 1.68 bits per heavy atom. The van der Waals surface area contributed by atoms with E-state index in [4.69, 9.17) is 4.74 Å². The van der Waals surface area contributed by atoms with Crippen LogP contribution in [0.25, 0.3) is 0 Å². The Hall–Kier alpha value is -3.39. The van der Waals surface area contributed by atoms with Gasteiger partial charge in [0.2, 0.25) is 5.78 Å². The van der Waals surface area contributed by atoms with E-state index in [1.807, 2.05) is 0 Å². The van der Waals surface area contributed by atoms with E-state index in [9.17, 15) is 23.2 Å². The number of anilines is 1. The van der Waals surface area contributed by atoms with Gasteiger partial charge in [-0.3, -0.25) is 9.59 Å². The molecule has 0 saturated carbocycles. The molecule has 0 atom stereocenters. The Bertz CT molecular complexity index is 1030.